The monoisotopic (exact) mass is 274 g/mol. The van der Waals surface area contributed by atoms with Gasteiger partial charge in [-0.1, -0.05) is 25.1 Å². The minimum Gasteiger partial charge on any atom is -0.355 e. The lowest BCUT2D eigenvalue weighted by molar-refractivity contribution is -0.137. The largest absolute Gasteiger partial charge is 0.416 e. The molecule has 6 heteroatoms. The lowest BCUT2D eigenvalue weighted by Gasteiger charge is -2.09. The molecule has 1 amide bonds. The third kappa shape index (κ3) is 5.74. The Balaban J connectivity index is 2.50. The molecule has 0 aliphatic carbocycles. The van der Waals surface area contributed by atoms with Crippen LogP contribution >= 0.6 is 0 Å². The number of carbonyl (C=O) groups excluding carboxylic acids is 1. The van der Waals surface area contributed by atoms with Gasteiger partial charge in [-0.3, -0.25) is 4.79 Å². The van der Waals surface area contributed by atoms with E-state index in [-0.39, 0.29) is 12.3 Å². The van der Waals surface area contributed by atoms with Crippen LogP contribution in [0.5, 0.6) is 0 Å². The summed E-state index contributed by atoms with van der Waals surface area (Å²) in [5, 5.41) is 5.67. The van der Waals surface area contributed by atoms with Crippen LogP contribution in [-0.4, -0.2) is 25.5 Å². The highest BCUT2D eigenvalue weighted by Gasteiger charge is 2.30. The van der Waals surface area contributed by atoms with Gasteiger partial charge < -0.3 is 10.6 Å². The molecular weight excluding hydrogens is 257 g/mol. The first-order valence-electron chi connectivity index (χ1n) is 6.07. The standard InChI is InChI=1S/C13H17F3N2O/c1-2-17-6-7-18-12(19)9-10-4-3-5-11(8-10)13(14,15)16/h3-5,8,17H,2,6-7,9H2,1H3,(H,18,19). The van der Waals surface area contributed by atoms with Crippen molar-refractivity contribution in [3.8, 4) is 0 Å². The van der Waals surface area contributed by atoms with Gasteiger partial charge in [-0.25, -0.2) is 0 Å². The van der Waals surface area contributed by atoms with Crippen LogP contribution in [-0.2, 0) is 17.4 Å². The number of carbonyl (C=O) groups is 1. The number of benzene rings is 1. The van der Waals surface area contributed by atoms with Crippen molar-refractivity contribution in [2.75, 3.05) is 19.6 Å². The van der Waals surface area contributed by atoms with E-state index in [2.05, 4.69) is 10.6 Å². The van der Waals surface area contributed by atoms with Gasteiger partial charge in [-0.05, 0) is 18.2 Å². The minimum absolute atomic E-state index is 0.0456. The molecule has 0 saturated heterocycles. The van der Waals surface area contributed by atoms with Crippen LogP contribution in [0.25, 0.3) is 0 Å². The van der Waals surface area contributed by atoms with Crippen LogP contribution < -0.4 is 10.6 Å². The van der Waals surface area contributed by atoms with E-state index >= 15 is 0 Å². The molecule has 2 N–H and O–H groups in total. The smallest absolute Gasteiger partial charge is 0.355 e. The molecule has 0 atom stereocenters. The highest BCUT2D eigenvalue weighted by atomic mass is 19.4. The molecule has 1 rings (SSSR count). The molecule has 0 heterocycles. The van der Waals surface area contributed by atoms with Crippen LogP contribution in [0.2, 0.25) is 0 Å². The van der Waals surface area contributed by atoms with E-state index in [9.17, 15) is 18.0 Å². The number of likely N-dealkylation sites (N-methyl/N-ethyl adjacent to an activating group) is 1. The molecule has 19 heavy (non-hydrogen) atoms. The van der Waals surface area contributed by atoms with Crippen LogP contribution in [0, 0.1) is 0 Å². The lowest BCUT2D eigenvalue weighted by Crippen LogP contribution is -2.32. The first-order valence-corrected chi connectivity index (χ1v) is 6.07. The highest BCUT2D eigenvalue weighted by Crippen LogP contribution is 2.29. The second-order valence-corrected chi connectivity index (χ2v) is 4.08. The molecule has 0 spiro atoms. The number of hydrogen-bond acceptors (Lipinski definition) is 2. The summed E-state index contributed by atoms with van der Waals surface area (Å²) in [5.74, 6) is -0.280. The second-order valence-electron chi connectivity index (χ2n) is 4.08. The number of halogens is 3. The van der Waals surface area contributed by atoms with Gasteiger partial charge in [0.2, 0.25) is 5.91 Å². The van der Waals surface area contributed by atoms with E-state index in [0.717, 1.165) is 18.7 Å². The Morgan fingerprint density at radius 2 is 2.00 bits per heavy atom. The molecule has 3 nitrogen and oxygen atoms in total. The van der Waals surface area contributed by atoms with E-state index in [1.807, 2.05) is 6.92 Å². The van der Waals surface area contributed by atoms with Crippen molar-refractivity contribution in [2.24, 2.45) is 0 Å². The number of amides is 1. The van der Waals surface area contributed by atoms with Gasteiger partial charge in [-0.2, -0.15) is 13.2 Å². The van der Waals surface area contributed by atoms with E-state index in [0.29, 0.717) is 18.7 Å². The van der Waals surface area contributed by atoms with Gasteiger partial charge in [0.1, 0.15) is 0 Å². The Hall–Kier alpha value is -1.56. The minimum atomic E-state index is -4.38. The van der Waals surface area contributed by atoms with Gasteiger partial charge in [0.05, 0.1) is 12.0 Å². The van der Waals surface area contributed by atoms with E-state index in [1.165, 1.54) is 12.1 Å². The fraction of sp³-hybridized carbons (Fsp3) is 0.462. The van der Waals surface area contributed by atoms with Crippen LogP contribution in [0.15, 0.2) is 24.3 Å². The van der Waals surface area contributed by atoms with Crippen molar-refractivity contribution in [2.45, 2.75) is 19.5 Å². The summed E-state index contributed by atoms with van der Waals surface area (Å²) in [4.78, 5) is 11.5. The Kier molecular flexibility index (Phi) is 5.82. The SMILES string of the molecule is CCNCCNC(=O)Cc1cccc(C(F)(F)F)c1. The van der Waals surface area contributed by atoms with Crippen molar-refractivity contribution in [1.82, 2.24) is 10.6 Å². The van der Waals surface area contributed by atoms with Gasteiger partial charge >= 0.3 is 6.18 Å². The van der Waals surface area contributed by atoms with Crippen molar-refractivity contribution >= 4 is 5.91 Å². The predicted molar refractivity (Wildman–Crippen MR) is 66.7 cm³/mol. The third-order valence-electron chi connectivity index (χ3n) is 2.49. The number of nitrogens with one attached hydrogen (secondary N) is 2. The summed E-state index contributed by atoms with van der Waals surface area (Å²) in [6.45, 7) is 3.87. The van der Waals surface area contributed by atoms with Gasteiger partial charge in [0.25, 0.3) is 0 Å². The summed E-state index contributed by atoms with van der Waals surface area (Å²) in [7, 11) is 0. The molecule has 0 bridgehead atoms. The average Bonchev–Trinajstić information content (AvgIpc) is 2.34. The maximum Gasteiger partial charge on any atom is 0.416 e. The lowest BCUT2D eigenvalue weighted by atomic mass is 10.1. The molecule has 0 aromatic heterocycles. The third-order valence-corrected chi connectivity index (χ3v) is 2.49. The molecule has 0 unspecified atom stereocenters. The molecule has 0 fully saturated rings. The van der Waals surface area contributed by atoms with Crippen molar-refractivity contribution in [1.29, 1.82) is 0 Å². The van der Waals surface area contributed by atoms with Gasteiger partial charge in [0.15, 0.2) is 0 Å². The Morgan fingerprint density at radius 1 is 1.26 bits per heavy atom. The molecular formula is C13H17F3N2O. The van der Waals surface area contributed by atoms with Gasteiger partial charge in [0, 0.05) is 13.1 Å². The molecule has 0 aliphatic heterocycles. The van der Waals surface area contributed by atoms with E-state index in [1.54, 1.807) is 0 Å². The highest BCUT2D eigenvalue weighted by molar-refractivity contribution is 5.78. The Labute approximate surface area is 110 Å². The zero-order chi connectivity index (χ0) is 14.3. The van der Waals surface area contributed by atoms with Crippen molar-refractivity contribution < 1.29 is 18.0 Å². The van der Waals surface area contributed by atoms with E-state index < -0.39 is 11.7 Å². The summed E-state index contributed by atoms with van der Waals surface area (Å²) >= 11 is 0. The molecule has 1 aromatic carbocycles. The maximum atomic E-state index is 12.5. The van der Waals surface area contributed by atoms with Crippen LogP contribution in [0.4, 0.5) is 13.2 Å². The quantitative estimate of drug-likeness (QED) is 0.779. The fourth-order valence-electron chi connectivity index (χ4n) is 1.57. The van der Waals surface area contributed by atoms with E-state index in [4.69, 9.17) is 0 Å². The van der Waals surface area contributed by atoms with Crippen molar-refractivity contribution in [3.05, 3.63) is 35.4 Å². The average molecular weight is 274 g/mol. The maximum absolute atomic E-state index is 12.5. The molecule has 0 saturated carbocycles. The van der Waals surface area contributed by atoms with Crippen LogP contribution in [0.3, 0.4) is 0 Å². The predicted octanol–water partition coefficient (Wildman–Crippen LogP) is 1.97. The summed E-state index contributed by atoms with van der Waals surface area (Å²) < 4.78 is 37.5. The van der Waals surface area contributed by atoms with Crippen molar-refractivity contribution in [3.63, 3.8) is 0 Å². The number of alkyl halides is 3. The van der Waals surface area contributed by atoms with Crippen LogP contribution in [0.1, 0.15) is 18.1 Å². The number of hydrogen-bond donors (Lipinski definition) is 2. The zero-order valence-electron chi connectivity index (χ0n) is 10.7. The summed E-state index contributed by atoms with van der Waals surface area (Å²) in [6, 6.07) is 4.82. The summed E-state index contributed by atoms with van der Waals surface area (Å²) in [5.41, 5.74) is -0.374. The first kappa shape index (κ1) is 15.5. The zero-order valence-corrected chi connectivity index (χ0v) is 10.7. The molecule has 106 valence electrons. The number of rotatable bonds is 6. The first-order chi connectivity index (χ1) is 8.93. The molecule has 0 aliphatic rings. The van der Waals surface area contributed by atoms with Gasteiger partial charge in [-0.15, -0.1) is 0 Å². The second kappa shape index (κ2) is 7.13. The molecule has 1 aromatic rings. The molecule has 0 radical (unpaired) electrons. The Morgan fingerprint density at radius 3 is 2.63 bits per heavy atom. The fourth-order valence-corrected chi connectivity index (χ4v) is 1.57. The normalized spacial score (nSPS) is 11.4. The summed E-state index contributed by atoms with van der Waals surface area (Å²) in [6.07, 6.45) is -4.42. The Bertz CT molecular complexity index is 419. The topological polar surface area (TPSA) is 41.1 Å².